The fourth-order valence-electron chi connectivity index (χ4n) is 2.19. The van der Waals surface area contributed by atoms with Gasteiger partial charge in [-0.15, -0.1) is 0 Å². The first-order valence-electron chi connectivity index (χ1n) is 7.00. The molecule has 1 unspecified atom stereocenters. The molecule has 2 aromatic carbocycles. The quantitative estimate of drug-likeness (QED) is 0.667. The van der Waals surface area contributed by atoms with Crippen molar-refractivity contribution < 1.29 is 4.74 Å². The molecule has 0 heterocycles. The summed E-state index contributed by atoms with van der Waals surface area (Å²) in [6, 6.07) is 14.5. The standard InChI is InChI=1S/C17H19ClINO/c1-3-10-21-14-7-4-12(5-8-14)17(20-2)13-6-9-16(19)15(18)11-13/h4-9,11,17,20H,3,10H2,1-2H3. The number of benzene rings is 2. The molecule has 2 aromatic rings. The molecule has 0 aromatic heterocycles. The molecule has 0 radical (unpaired) electrons. The van der Waals surface area contributed by atoms with Crippen LogP contribution in [-0.2, 0) is 0 Å². The average Bonchev–Trinajstić information content (AvgIpc) is 2.50. The number of hydrogen-bond donors (Lipinski definition) is 1. The maximum Gasteiger partial charge on any atom is 0.119 e. The van der Waals surface area contributed by atoms with Gasteiger partial charge in [0.1, 0.15) is 5.75 Å². The highest BCUT2D eigenvalue weighted by Crippen LogP contribution is 2.28. The van der Waals surface area contributed by atoms with E-state index in [-0.39, 0.29) is 6.04 Å². The summed E-state index contributed by atoms with van der Waals surface area (Å²) in [6.45, 7) is 2.85. The normalized spacial score (nSPS) is 12.2. The first-order chi connectivity index (χ1) is 10.2. The Kier molecular flexibility index (Phi) is 6.33. The molecule has 0 saturated carbocycles. The number of hydrogen-bond acceptors (Lipinski definition) is 2. The Hall–Kier alpha value is -0.780. The van der Waals surface area contributed by atoms with E-state index in [1.165, 1.54) is 5.56 Å². The third-order valence-corrected chi connectivity index (χ3v) is 4.82. The van der Waals surface area contributed by atoms with E-state index in [2.05, 4.69) is 53.0 Å². The summed E-state index contributed by atoms with van der Waals surface area (Å²) in [4.78, 5) is 0. The summed E-state index contributed by atoms with van der Waals surface area (Å²) in [6.07, 6.45) is 1.02. The lowest BCUT2D eigenvalue weighted by Crippen LogP contribution is -2.17. The highest BCUT2D eigenvalue weighted by atomic mass is 127. The molecular formula is C17H19ClINO. The maximum absolute atomic E-state index is 6.23. The molecule has 0 saturated heterocycles. The van der Waals surface area contributed by atoms with E-state index in [9.17, 15) is 0 Å². The topological polar surface area (TPSA) is 21.3 Å². The van der Waals surface area contributed by atoms with Crippen molar-refractivity contribution in [3.63, 3.8) is 0 Å². The summed E-state index contributed by atoms with van der Waals surface area (Å²) < 4.78 is 6.69. The van der Waals surface area contributed by atoms with Crippen LogP contribution >= 0.6 is 34.2 Å². The first-order valence-corrected chi connectivity index (χ1v) is 8.46. The Morgan fingerprint density at radius 3 is 2.38 bits per heavy atom. The van der Waals surface area contributed by atoms with Gasteiger partial charge in [0.2, 0.25) is 0 Å². The minimum atomic E-state index is 0.125. The number of rotatable bonds is 6. The number of ether oxygens (including phenoxy) is 1. The van der Waals surface area contributed by atoms with Gasteiger partial charge in [-0.2, -0.15) is 0 Å². The second-order valence-corrected chi connectivity index (χ2v) is 6.38. The van der Waals surface area contributed by atoms with E-state index < -0.39 is 0 Å². The van der Waals surface area contributed by atoms with Crippen molar-refractivity contribution in [2.24, 2.45) is 0 Å². The zero-order valence-corrected chi connectivity index (χ0v) is 15.1. The van der Waals surface area contributed by atoms with Crippen molar-refractivity contribution in [2.75, 3.05) is 13.7 Å². The number of nitrogens with one attached hydrogen (secondary N) is 1. The predicted molar refractivity (Wildman–Crippen MR) is 97.3 cm³/mol. The van der Waals surface area contributed by atoms with E-state index in [1.54, 1.807) is 0 Å². The molecule has 1 atom stereocenters. The minimum absolute atomic E-state index is 0.125. The Balaban J connectivity index is 2.22. The lowest BCUT2D eigenvalue weighted by molar-refractivity contribution is 0.317. The van der Waals surface area contributed by atoms with Crippen LogP contribution in [0.15, 0.2) is 42.5 Å². The molecule has 0 fully saturated rings. The molecule has 0 aliphatic carbocycles. The minimum Gasteiger partial charge on any atom is -0.494 e. The maximum atomic E-state index is 6.23. The van der Waals surface area contributed by atoms with Gasteiger partial charge >= 0.3 is 0 Å². The van der Waals surface area contributed by atoms with Crippen LogP contribution in [0.2, 0.25) is 5.02 Å². The van der Waals surface area contributed by atoms with Crippen LogP contribution in [-0.4, -0.2) is 13.7 Å². The van der Waals surface area contributed by atoms with Gasteiger partial charge in [-0.25, -0.2) is 0 Å². The summed E-state index contributed by atoms with van der Waals surface area (Å²) in [5, 5.41) is 4.13. The largest absolute Gasteiger partial charge is 0.494 e. The van der Waals surface area contributed by atoms with Crippen molar-refractivity contribution in [1.82, 2.24) is 5.32 Å². The van der Waals surface area contributed by atoms with Gasteiger partial charge in [0, 0.05) is 3.57 Å². The highest BCUT2D eigenvalue weighted by Gasteiger charge is 2.13. The SMILES string of the molecule is CCCOc1ccc(C(NC)c2ccc(I)c(Cl)c2)cc1. The molecule has 0 spiro atoms. The smallest absolute Gasteiger partial charge is 0.119 e. The van der Waals surface area contributed by atoms with Gasteiger partial charge in [0.15, 0.2) is 0 Å². The second-order valence-electron chi connectivity index (χ2n) is 4.81. The molecule has 2 nitrogen and oxygen atoms in total. The van der Waals surface area contributed by atoms with Crippen molar-refractivity contribution in [3.8, 4) is 5.75 Å². The molecule has 2 rings (SSSR count). The Morgan fingerprint density at radius 1 is 1.14 bits per heavy atom. The zero-order valence-electron chi connectivity index (χ0n) is 12.2. The lowest BCUT2D eigenvalue weighted by atomic mass is 9.99. The summed E-state index contributed by atoms with van der Waals surface area (Å²) in [5.41, 5.74) is 2.35. The summed E-state index contributed by atoms with van der Waals surface area (Å²) in [7, 11) is 1.96. The second kappa shape index (κ2) is 8.01. The van der Waals surface area contributed by atoms with Crippen LogP contribution in [0.1, 0.15) is 30.5 Å². The van der Waals surface area contributed by atoms with Gasteiger partial charge in [-0.05, 0) is 71.5 Å². The van der Waals surface area contributed by atoms with Gasteiger partial charge in [-0.3, -0.25) is 0 Å². The van der Waals surface area contributed by atoms with Crippen molar-refractivity contribution in [1.29, 1.82) is 0 Å². The highest BCUT2D eigenvalue weighted by molar-refractivity contribution is 14.1. The van der Waals surface area contributed by atoms with Crippen LogP contribution in [0.3, 0.4) is 0 Å². The van der Waals surface area contributed by atoms with E-state index in [4.69, 9.17) is 16.3 Å². The fourth-order valence-corrected chi connectivity index (χ4v) is 2.72. The van der Waals surface area contributed by atoms with Crippen LogP contribution < -0.4 is 10.1 Å². The molecular weight excluding hydrogens is 397 g/mol. The monoisotopic (exact) mass is 415 g/mol. The van der Waals surface area contributed by atoms with E-state index >= 15 is 0 Å². The summed E-state index contributed by atoms with van der Waals surface area (Å²) >= 11 is 8.47. The van der Waals surface area contributed by atoms with Gasteiger partial charge in [0.25, 0.3) is 0 Å². The van der Waals surface area contributed by atoms with Gasteiger partial charge in [-0.1, -0.05) is 36.7 Å². The average molecular weight is 416 g/mol. The molecule has 0 aliphatic heterocycles. The molecule has 0 aliphatic rings. The Morgan fingerprint density at radius 2 is 1.81 bits per heavy atom. The third kappa shape index (κ3) is 4.34. The van der Waals surface area contributed by atoms with E-state index in [1.807, 2.05) is 31.3 Å². The molecule has 4 heteroatoms. The van der Waals surface area contributed by atoms with Gasteiger partial charge < -0.3 is 10.1 Å². The van der Waals surface area contributed by atoms with Crippen LogP contribution in [0.5, 0.6) is 5.75 Å². The van der Waals surface area contributed by atoms with Crippen molar-refractivity contribution in [2.45, 2.75) is 19.4 Å². The Labute approximate surface area is 145 Å². The number of halogens is 2. The zero-order chi connectivity index (χ0) is 15.2. The molecule has 0 amide bonds. The lowest BCUT2D eigenvalue weighted by Gasteiger charge is -2.18. The van der Waals surface area contributed by atoms with E-state index in [0.717, 1.165) is 32.9 Å². The fraction of sp³-hybridized carbons (Fsp3) is 0.294. The molecule has 1 N–H and O–H groups in total. The Bertz CT molecular complexity index is 586. The van der Waals surface area contributed by atoms with Crippen LogP contribution in [0, 0.1) is 3.57 Å². The van der Waals surface area contributed by atoms with Crippen molar-refractivity contribution in [3.05, 3.63) is 62.2 Å². The molecule has 112 valence electrons. The first kappa shape index (κ1) is 16.6. The van der Waals surface area contributed by atoms with Gasteiger partial charge in [0.05, 0.1) is 17.7 Å². The molecule has 0 bridgehead atoms. The van der Waals surface area contributed by atoms with E-state index in [0.29, 0.717) is 0 Å². The third-order valence-electron chi connectivity index (χ3n) is 3.25. The summed E-state index contributed by atoms with van der Waals surface area (Å²) in [5.74, 6) is 0.913. The predicted octanol–water partition coefficient (Wildman–Crippen LogP) is 5.04. The van der Waals surface area contributed by atoms with Crippen LogP contribution in [0.25, 0.3) is 0 Å². The van der Waals surface area contributed by atoms with Crippen LogP contribution in [0.4, 0.5) is 0 Å². The van der Waals surface area contributed by atoms with Crippen molar-refractivity contribution >= 4 is 34.2 Å². The molecule has 21 heavy (non-hydrogen) atoms.